The molecule has 23 heavy (non-hydrogen) atoms. The van der Waals surface area contributed by atoms with Crippen LogP contribution in [-0.2, 0) is 11.2 Å². The lowest BCUT2D eigenvalue weighted by Crippen LogP contribution is -2.34. The van der Waals surface area contributed by atoms with Gasteiger partial charge in [0.1, 0.15) is 11.5 Å². The van der Waals surface area contributed by atoms with E-state index in [1.807, 2.05) is 25.2 Å². The van der Waals surface area contributed by atoms with Gasteiger partial charge in [-0.3, -0.25) is 4.79 Å². The summed E-state index contributed by atoms with van der Waals surface area (Å²) in [7, 11) is 3.47. The van der Waals surface area contributed by atoms with Crippen LogP contribution in [0.2, 0.25) is 0 Å². The smallest absolute Gasteiger partial charge is 0.260 e. The number of carbonyl (C=O) groups is 1. The van der Waals surface area contributed by atoms with Gasteiger partial charge in [0.25, 0.3) is 5.91 Å². The van der Waals surface area contributed by atoms with Gasteiger partial charge in [-0.25, -0.2) is 0 Å². The van der Waals surface area contributed by atoms with E-state index in [-0.39, 0.29) is 18.6 Å². The van der Waals surface area contributed by atoms with E-state index in [1.165, 1.54) is 11.1 Å². The third-order valence-corrected chi connectivity index (χ3v) is 4.38. The maximum atomic E-state index is 12.4. The second-order valence-electron chi connectivity index (χ2n) is 5.72. The fourth-order valence-electron chi connectivity index (χ4n) is 3.03. The molecule has 1 atom stereocenters. The molecule has 2 aromatic carbocycles. The summed E-state index contributed by atoms with van der Waals surface area (Å²) in [5.74, 6) is 1.42. The molecular weight excluding hydrogens is 290 g/mol. The molecule has 0 heterocycles. The number of carbonyl (C=O) groups excluding carboxylic acids is 1. The molecular formula is C19H21NO3. The van der Waals surface area contributed by atoms with Crippen LogP contribution in [0.1, 0.15) is 23.6 Å². The van der Waals surface area contributed by atoms with Crippen LogP contribution >= 0.6 is 0 Å². The summed E-state index contributed by atoms with van der Waals surface area (Å²) in [4.78, 5) is 14.2. The molecule has 120 valence electrons. The first-order chi connectivity index (χ1) is 11.2. The Kier molecular flexibility index (Phi) is 4.51. The van der Waals surface area contributed by atoms with E-state index in [2.05, 4.69) is 18.2 Å². The lowest BCUT2D eigenvalue weighted by molar-refractivity contribution is -0.134. The molecule has 0 fully saturated rings. The number of fused-ring (bicyclic) bond motifs is 1. The molecule has 0 spiro atoms. The van der Waals surface area contributed by atoms with Gasteiger partial charge in [-0.2, -0.15) is 0 Å². The summed E-state index contributed by atoms with van der Waals surface area (Å²) in [6.07, 6.45) is 2.00. The van der Waals surface area contributed by atoms with Gasteiger partial charge >= 0.3 is 0 Å². The molecule has 1 aliphatic carbocycles. The average Bonchev–Trinajstić information content (AvgIpc) is 3.03. The summed E-state index contributed by atoms with van der Waals surface area (Å²) >= 11 is 0. The third-order valence-electron chi connectivity index (χ3n) is 4.38. The van der Waals surface area contributed by atoms with Gasteiger partial charge in [-0.15, -0.1) is 0 Å². The van der Waals surface area contributed by atoms with Gasteiger partial charge in [0.05, 0.1) is 13.2 Å². The van der Waals surface area contributed by atoms with Gasteiger partial charge in [0, 0.05) is 7.05 Å². The van der Waals surface area contributed by atoms with Crippen molar-refractivity contribution in [1.82, 2.24) is 4.90 Å². The second-order valence-corrected chi connectivity index (χ2v) is 5.72. The number of rotatable bonds is 5. The predicted molar refractivity (Wildman–Crippen MR) is 88.8 cm³/mol. The van der Waals surface area contributed by atoms with Gasteiger partial charge < -0.3 is 14.4 Å². The molecule has 1 unspecified atom stereocenters. The van der Waals surface area contributed by atoms with Crippen molar-refractivity contribution < 1.29 is 14.3 Å². The Morgan fingerprint density at radius 3 is 2.57 bits per heavy atom. The lowest BCUT2D eigenvalue weighted by Gasteiger charge is -2.25. The monoisotopic (exact) mass is 311 g/mol. The maximum absolute atomic E-state index is 12.4. The minimum atomic E-state index is -0.0116. The second kappa shape index (κ2) is 6.73. The SMILES string of the molecule is COc1ccc(OCC(=O)N(C)C2CCc3ccccc32)cc1. The van der Waals surface area contributed by atoms with Crippen LogP contribution in [0.4, 0.5) is 0 Å². The zero-order valence-corrected chi connectivity index (χ0v) is 13.5. The standard InChI is InChI=1S/C19H21NO3/c1-20(18-12-7-14-5-3-4-6-17(14)18)19(21)13-23-16-10-8-15(22-2)9-11-16/h3-6,8-11,18H,7,12-13H2,1-2H3. The molecule has 0 radical (unpaired) electrons. The first kappa shape index (κ1) is 15.4. The highest BCUT2D eigenvalue weighted by Crippen LogP contribution is 2.34. The topological polar surface area (TPSA) is 38.8 Å². The van der Waals surface area contributed by atoms with Crippen LogP contribution < -0.4 is 9.47 Å². The minimum absolute atomic E-state index is 0.0116. The molecule has 0 saturated carbocycles. The van der Waals surface area contributed by atoms with Crippen LogP contribution in [0.5, 0.6) is 11.5 Å². The number of aryl methyl sites for hydroxylation is 1. The number of methoxy groups -OCH3 is 1. The fourth-order valence-corrected chi connectivity index (χ4v) is 3.03. The zero-order chi connectivity index (χ0) is 16.2. The molecule has 4 nitrogen and oxygen atoms in total. The summed E-state index contributed by atoms with van der Waals surface area (Å²) in [6, 6.07) is 15.7. The fraction of sp³-hybridized carbons (Fsp3) is 0.316. The van der Waals surface area contributed by atoms with Crippen molar-refractivity contribution in [2.75, 3.05) is 20.8 Å². The highest BCUT2D eigenvalue weighted by atomic mass is 16.5. The number of hydrogen-bond donors (Lipinski definition) is 0. The Hall–Kier alpha value is -2.49. The van der Waals surface area contributed by atoms with Gasteiger partial charge in [0.2, 0.25) is 0 Å². The van der Waals surface area contributed by atoms with E-state index in [0.717, 1.165) is 18.6 Å². The molecule has 2 aromatic rings. The number of benzene rings is 2. The normalized spacial score (nSPS) is 15.8. The summed E-state index contributed by atoms with van der Waals surface area (Å²) in [5, 5.41) is 0. The van der Waals surface area contributed by atoms with E-state index in [4.69, 9.17) is 9.47 Å². The van der Waals surface area contributed by atoms with E-state index in [1.54, 1.807) is 24.1 Å². The van der Waals surface area contributed by atoms with Crippen LogP contribution in [0.15, 0.2) is 48.5 Å². The third kappa shape index (κ3) is 3.31. The Morgan fingerprint density at radius 2 is 1.83 bits per heavy atom. The molecule has 1 aliphatic rings. The first-order valence-electron chi connectivity index (χ1n) is 7.79. The van der Waals surface area contributed by atoms with Crippen molar-refractivity contribution in [3.63, 3.8) is 0 Å². The number of likely N-dealkylation sites (N-methyl/N-ethyl adjacent to an activating group) is 1. The highest BCUT2D eigenvalue weighted by Gasteiger charge is 2.28. The molecule has 0 aliphatic heterocycles. The van der Waals surface area contributed by atoms with Crippen molar-refractivity contribution in [3.05, 3.63) is 59.7 Å². The minimum Gasteiger partial charge on any atom is -0.497 e. The number of amides is 1. The van der Waals surface area contributed by atoms with E-state index in [9.17, 15) is 4.79 Å². The summed E-state index contributed by atoms with van der Waals surface area (Å²) < 4.78 is 10.7. The van der Waals surface area contributed by atoms with Crippen LogP contribution in [0, 0.1) is 0 Å². The molecule has 4 heteroatoms. The quantitative estimate of drug-likeness (QED) is 0.851. The molecule has 0 saturated heterocycles. The molecule has 0 N–H and O–H groups in total. The molecule has 1 amide bonds. The van der Waals surface area contributed by atoms with E-state index >= 15 is 0 Å². The predicted octanol–water partition coefficient (Wildman–Crippen LogP) is 3.22. The van der Waals surface area contributed by atoms with Crippen LogP contribution in [0.25, 0.3) is 0 Å². The van der Waals surface area contributed by atoms with Crippen molar-refractivity contribution in [2.45, 2.75) is 18.9 Å². The summed E-state index contributed by atoms with van der Waals surface area (Å²) in [6.45, 7) is 0.0432. The Bertz CT molecular complexity index is 681. The number of nitrogens with zero attached hydrogens (tertiary/aromatic N) is 1. The number of hydrogen-bond acceptors (Lipinski definition) is 3. The van der Waals surface area contributed by atoms with E-state index < -0.39 is 0 Å². The largest absolute Gasteiger partial charge is 0.497 e. The van der Waals surface area contributed by atoms with E-state index in [0.29, 0.717) is 5.75 Å². The highest BCUT2D eigenvalue weighted by molar-refractivity contribution is 5.78. The summed E-state index contributed by atoms with van der Waals surface area (Å²) in [5.41, 5.74) is 2.60. The average molecular weight is 311 g/mol. The van der Waals surface area contributed by atoms with Crippen LogP contribution in [0.3, 0.4) is 0 Å². The lowest BCUT2D eigenvalue weighted by atomic mass is 10.1. The number of ether oxygens (including phenoxy) is 2. The Labute approximate surface area is 136 Å². The van der Waals surface area contributed by atoms with Crippen molar-refractivity contribution in [3.8, 4) is 11.5 Å². The van der Waals surface area contributed by atoms with Crippen molar-refractivity contribution in [2.24, 2.45) is 0 Å². The van der Waals surface area contributed by atoms with Gasteiger partial charge in [-0.05, 0) is 48.2 Å². The van der Waals surface area contributed by atoms with Gasteiger partial charge in [0.15, 0.2) is 6.61 Å². The van der Waals surface area contributed by atoms with Crippen molar-refractivity contribution in [1.29, 1.82) is 0 Å². The molecule has 0 aromatic heterocycles. The van der Waals surface area contributed by atoms with Crippen LogP contribution in [-0.4, -0.2) is 31.6 Å². The zero-order valence-electron chi connectivity index (χ0n) is 13.5. The van der Waals surface area contributed by atoms with Gasteiger partial charge in [-0.1, -0.05) is 24.3 Å². The molecule has 0 bridgehead atoms. The Morgan fingerprint density at radius 1 is 1.13 bits per heavy atom. The first-order valence-corrected chi connectivity index (χ1v) is 7.79. The Balaban J connectivity index is 1.60. The molecule has 3 rings (SSSR count). The van der Waals surface area contributed by atoms with Crippen molar-refractivity contribution >= 4 is 5.91 Å². The maximum Gasteiger partial charge on any atom is 0.260 e.